The first-order chi connectivity index (χ1) is 6.22. The fourth-order valence-corrected chi connectivity index (χ4v) is 2.37. The van der Waals surface area contributed by atoms with Gasteiger partial charge in [-0.2, -0.15) is 0 Å². The van der Waals surface area contributed by atoms with Gasteiger partial charge in [-0.05, 0) is 25.1 Å². The van der Waals surface area contributed by atoms with E-state index in [4.69, 9.17) is 0 Å². The molecule has 0 aliphatic heterocycles. The Morgan fingerprint density at radius 1 is 1.46 bits per heavy atom. The van der Waals surface area contributed by atoms with Crippen LogP contribution in [0.3, 0.4) is 0 Å². The fourth-order valence-electron chi connectivity index (χ4n) is 1.36. The first-order valence-corrected chi connectivity index (χ1v) is 4.68. The summed E-state index contributed by atoms with van der Waals surface area (Å²) in [4.78, 5) is 11.6. The predicted molar refractivity (Wildman–Crippen MR) is 51.9 cm³/mol. The average molecular weight is 194 g/mol. The zero-order chi connectivity index (χ0) is 9.42. The summed E-state index contributed by atoms with van der Waals surface area (Å²) in [7, 11) is 0. The van der Waals surface area contributed by atoms with E-state index in [0.717, 1.165) is 21.2 Å². The van der Waals surface area contributed by atoms with Crippen LogP contribution in [0.2, 0.25) is 0 Å². The maximum Gasteiger partial charge on any atom is 0.151 e. The third-order valence-corrected chi connectivity index (χ3v) is 3.09. The Balaban J connectivity index is 2.88. The number of benzene rings is 1. The van der Waals surface area contributed by atoms with E-state index in [9.17, 15) is 9.18 Å². The molecule has 0 spiro atoms. The molecule has 0 amide bonds. The van der Waals surface area contributed by atoms with Gasteiger partial charge in [-0.1, -0.05) is 0 Å². The van der Waals surface area contributed by atoms with E-state index in [1.165, 1.54) is 23.5 Å². The molecule has 13 heavy (non-hydrogen) atoms. The van der Waals surface area contributed by atoms with Crippen molar-refractivity contribution < 1.29 is 9.18 Å². The summed E-state index contributed by atoms with van der Waals surface area (Å²) < 4.78 is 13.8. The molecule has 0 atom stereocenters. The fraction of sp³-hybridized carbons (Fsp3) is 0.100. The molecule has 2 aromatic rings. The molecule has 1 nitrogen and oxygen atoms in total. The van der Waals surface area contributed by atoms with Gasteiger partial charge < -0.3 is 0 Å². The second-order valence-corrected chi connectivity index (χ2v) is 4.09. The van der Waals surface area contributed by atoms with Gasteiger partial charge in [0.2, 0.25) is 0 Å². The van der Waals surface area contributed by atoms with Crippen molar-refractivity contribution >= 4 is 27.7 Å². The van der Waals surface area contributed by atoms with Crippen LogP contribution in [0.25, 0.3) is 10.1 Å². The van der Waals surface area contributed by atoms with E-state index in [-0.39, 0.29) is 5.82 Å². The lowest BCUT2D eigenvalue weighted by Crippen LogP contribution is -1.79. The van der Waals surface area contributed by atoms with Crippen LogP contribution in [0.15, 0.2) is 18.2 Å². The van der Waals surface area contributed by atoms with Crippen LogP contribution < -0.4 is 0 Å². The smallest absolute Gasteiger partial charge is 0.151 e. The van der Waals surface area contributed by atoms with Crippen LogP contribution in [0.5, 0.6) is 0 Å². The van der Waals surface area contributed by atoms with Gasteiger partial charge in [-0.25, -0.2) is 4.39 Å². The van der Waals surface area contributed by atoms with Crippen LogP contribution >= 0.6 is 11.3 Å². The monoisotopic (exact) mass is 194 g/mol. The molecule has 0 aliphatic rings. The maximum absolute atomic E-state index is 12.9. The summed E-state index contributed by atoms with van der Waals surface area (Å²) in [6.07, 6.45) is 0.785. The molecule has 0 fully saturated rings. The molecule has 0 radical (unpaired) electrons. The lowest BCUT2D eigenvalue weighted by molar-refractivity contribution is 0.112. The Morgan fingerprint density at radius 3 is 2.92 bits per heavy atom. The van der Waals surface area contributed by atoms with Gasteiger partial charge in [0.05, 0.1) is 0 Å². The molecule has 0 bridgehead atoms. The molecule has 1 heterocycles. The van der Waals surface area contributed by atoms with Gasteiger partial charge in [0.15, 0.2) is 6.29 Å². The number of hydrogen-bond donors (Lipinski definition) is 0. The summed E-state index contributed by atoms with van der Waals surface area (Å²) in [5.74, 6) is -0.298. The van der Waals surface area contributed by atoms with Crippen LogP contribution in [0, 0.1) is 12.7 Å². The molecule has 3 heteroatoms. The Bertz CT molecular complexity index is 473. The highest BCUT2D eigenvalue weighted by Crippen LogP contribution is 2.29. The third kappa shape index (κ3) is 1.25. The molecule has 0 aliphatic carbocycles. The molecule has 1 aromatic carbocycles. The van der Waals surface area contributed by atoms with Crippen molar-refractivity contribution in [2.75, 3.05) is 0 Å². The van der Waals surface area contributed by atoms with Gasteiger partial charge in [0, 0.05) is 20.5 Å². The molecule has 0 saturated carbocycles. The average Bonchev–Trinajstić information content (AvgIpc) is 2.40. The van der Waals surface area contributed by atoms with Crippen LogP contribution in [-0.2, 0) is 0 Å². The summed E-state index contributed by atoms with van der Waals surface area (Å²) >= 11 is 1.51. The SMILES string of the molecule is Cc1sc2ccc(F)cc2c1C=O. The lowest BCUT2D eigenvalue weighted by atomic mass is 10.1. The Kier molecular flexibility index (Phi) is 1.88. The summed E-state index contributed by atoms with van der Waals surface area (Å²) in [5.41, 5.74) is 0.611. The number of thiophene rings is 1. The highest BCUT2D eigenvalue weighted by Gasteiger charge is 2.08. The maximum atomic E-state index is 12.9. The van der Waals surface area contributed by atoms with Crippen LogP contribution in [0.1, 0.15) is 15.2 Å². The van der Waals surface area contributed by atoms with Crippen molar-refractivity contribution in [2.45, 2.75) is 6.92 Å². The first kappa shape index (κ1) is 8.38. The number of aldehydes is 1. The van der Waals surface area contributed by atoms with Crippen molar-refractivity contribution in [3.63, 3.8) is 0 Å². The highest BCUT2D eigenvalue weighted by molar-refractivity contribution is 7.19. The quantitative estimate of drug-likeness (QED) is 0.637. The van der Waals surface area contributed by atoms with Gasteiger partial charge >= 0.3 is 0 Å². The predicted octanol–water partition coefficient (Wildman–Crippen LogP) is 3.16. The van der Waals surface area contributed by atoms with Gasteiger partial charge in [0.1, 0.15) is 5.82 Å². The standard InChI is InChI=1S/C10H7FOS/c1-6-9(5-12)8-4-7(11)2-3-10(8)13-6/h2-5H,1H3. The van der Waals surface area contributed by atoms with Crippen molar-refractivity contribution in [1.29, 1.82) is 0 Å². The van der Waals surface area contributed by atoms with E-state index in [1.54, 1.807) is 6.07 Å². The molecular weight excluding hydrogens is 187 g/mol. The number of carbonyl (C=O) groups excluding carboxylic acids is 1. The summed E-state index contributed by atoms with van der Waals surface area (Å²) in [6.45, 7) is 1.87. The molecular formula is C10H7FOS. The Labute approximate surface area is 78.8 Å². The first-order valence-electron chi connectivity index (χ1n) is 3.86. The summed E-state index contributed by atoms with van der Waals surface area (Å²) in [6, 6.07) is 4.52. The number of aryl methyl sites for hydroxylation is 1. The van der Waals surface area contributed by atoms with E-state index < -0.39 is 0 Å². The third-order valence-electron chi connectivity index (χ3n) is 1.99. The van der Waals surface area contributed by atoms with E-state index in [0.29, 0.717) is 5.56 Å². The zero-order valence-corrected chi connectivity index (χ0v) is 7.82. The van der Waals surface area contributed by atoms with E-state index in [2.05, 4.69) is 0 Å². The number of hydrogen-bond acceptors (Lipinski definition) is 2. The minimum Gasteiger partial charge on any atom is -0.298 e. The second kappa shape index (κ2) is 2.92. The normalized spacial score (nSPS) is 10.6. The molecule has 0 N–H and O–H groups in total. The van der Waals surface area contributed by atoms with Crippen molar-refractivity contribution in [2.24, 2.45) is 0 Å². The Hall–Kier alpha value is -1.22. The second-order valence-electron chi connectivity index (χ2n) is 2.83. The Morgan fingerprint density at radius 2 is 2.23 bits per heavy atom. The van der Waals surface area contributed by atoms with Crippen molar-refractivity contribution in [3.8, 4) is 0 Å². The topological polar surface area (TPSA) is 17.1 Å². The highest BCUT2D eigenvalue weighted by atomic mass is 32.1. The minimum atomic E-state index is -0.298. The molecule has 1 aromatic heterocycles. The van der Waals surface area contributed by atoms with E-state index in [1.807, 2.05) is 6.92 Å². The van der Waals surface area contributed by atoms with Gasteiger partial charge in [0.25, 0.3) is 0 Å². The van der Waals surface area contributed by atoms with Gasteiger partial charge in [-0.3, -0.25) is 4.79 Å². The molecule has 66 valence electrons. The van der Waals surface area contributed by atoms with Crippen molar-refractivity contribution in [1.82, 2.24) is 0 Å². The summed E-state index contributed by atoms with van der Waals surface area (Å²) in [5, 5.41) is 0.720. The largest absolute Gasteiger partial charge is 0.298 e. The van der Waals surface area contributed by atoms with Crippen molar-refractivity contribution in [3.05, 3.63) is 34.5 Å². The number of rotatable bonds is 1. The molecule has 2 rings (SSSR count). The minimum absolute atomic E-state index is 0.298. The number of halogens is 1. The number of carbonyl (C=O) groups is 1. The number of fused-ring (bicyclic) bond motifs is 1. The van der Waals surface area contributed by atoms with Crippen LogP contribution in [0.4, 0.5) is 4.39 Å². The molecule has 0 unspecified atom stereocenters. The lowest BCUT2D eigenvalue weighted by Gasteiger charge is -1.90. The van der Waals surface area contributed by atoms with E-state index >= 15 is 0 Å². The van der Waals surface area contributed by atoms with Crippen LogP contribution in [-0.4, -0.2) is 6.29 Å². The zero-order valence-electron chi connectivity index (χ0n) is 7.00. The molecule has 0 saturated heterocycles. The van der Waals surface area contributed by atoms with Gasteiger partial charge in [-0.15, -0.1) is 11.3 Å².